The molecule has 0 saturated heterocycles. The summed E-state index contributed by atoms with van der Waals surface area (Å²) in [5.74, 6) is -5.23. The zero-order chi connectivity index (χ0) is 19.1. The van der Waals surface area contributed by atoms with E-state index in [4.69, 9.17) is 16.7 Å². The number of aromatic nitrogens is 2. The van der Waals surface area contributed by atoms with Crippen LogP contribution in [-0.4, -0.2) is 27.7 Å². The van der Waals surface area contributed by atoms with E-state index in [-0.39, 0.29) is 4.57 Å². The van der Waals surface area contributed by atoms with E-state index in [1.54, 1.807) is 0 Å². The molecule has 1 heterocycles. The summed E-state index contributed by atoms with van der Waals surface area (Å²) in [6.45, 7) is 0. The molecule has 0 saturated carbocycles. The SMILES string of the molecule is COc1nc(C(F)(F)F)c(F)c(=O)n1-c1cc(C(=O)O)c(Cl)cc1F. The smallest absolute Gasteiger partial charge is 0.436 e. The van der Waals surface area contributed by atoms with E-state index in [2.05, 4.69) is 9.72 Å². The van der Waals surface area contributed by atoms with Gasteiger partial charge in [-0.15, -0.1) is 0 Å². The van der Waals surface area contributed by atoms with Gasteiger partial charge < -0.3 is 9.84 Å². The largest absolute Gasteiger partial charge is 0.478 e. The molecular formula is C13H6ClF5N2O4. The fourth-order valence-corrected chi connectivity index (χ4v) is 2.12. The van der Waals surface area contributed by atoms with Gasteiger partial charge in [0.15, 0.2) is 5.69 Å². The third kappa shape index (κ3) is 3.27. The number of carbonyl (C=O) groups is 1. The number of hydrogen-bond acceptors (Lipinski definition) is 4. The molecule has 0 amide bonds. The van der Waals surface area contributed by atoms with Gasteiger partial charge in [-0.25, -0.2) is 13.8 Å². The molecule has 1 aromatic heterocycles. The Hall–Kier alpha value is -2.69. The Bertz CT molecular complexity index is 926. The molecule has 0 aliphatic heterocycles. The maximum Gasteiger partial charge on any atom is 0.436 e. The average Bonchev–Trinajstić information content (AvgIpc) is 2.49. The van der Waals surface area contributed by atoms with E-state index >= 15 is 0 Å². The van der Waals surface area contributed by atoms with Crippen molar-refractivity contribution in [3.05, 3.63) is 50.4 Å². The van der Waals surface area contributed by atoms with Crippen LogP contribution in [-0.2, 0) is 6.18 Å². The second-order valence-electron chi connectivity index (χ2n) is 4.49. The standard InChI is InChI=1S/C13H6ClF5N2O4/c1-25-12-20-9(13(17,18)19)8(16)10(22)21(12)7-2-4(11(23)24)5(14)3-6(7)15/h2-3H,1H3,(H,23,24). The Balaban J connectivity index is 2.90. The molecule has 0 fully saturated rings. The van der Waals surface area contributed by atoms with E-state index in [0.717, 1.165) is 7.11 Å². The molecule has 1 N–H and O–H groups in total. The number of nitrogens with zero attached hydrogens (tertiary/aromatic N) is 2. The first kappa shape index (κ1) is 18.6. The van der Waals surface area contributed by atoms with Crippen LogP contribution in [0.15, 0.2) is 16.9 Å². The van der Waals surface area contributed by atoms with Gasteiger partial charge in [-0.2, -0.15) is 22.5 Å². The average molecular weight is 385 g/mol. The highest BCUT2D eigenvalue weighted by molar-refractivity contribution is 6.33. The van der Waals surface area contributed by atoms with Crippen LogP contribution in [0.4, 0.5) is 22.0 Å². The molecule has 25 heavy (non-hydrogen) atoms. The van der Waals surface area contributed by atoms with Crippen LogP contribution in [0.1, 0.15) is 16.1 Å². The lowest BCUT2D eigenvalue weighted by molar-refractivity contribution is -0.144. The summed E-state index contributed by atoms with van der Waals surface area (Å²) in [7, 11) is 0.808. The Labute approximate surface area is 140 Å². The van der Waals surface area contributed by atoms with Gasteiger partial charge in [0, 0.05) is 0 Å². The molecule has 0 aliphatic rings. The molecule has 12 heteroatoms. The summed E-state index contributed by atoms with van der Waals surface area (Å²) >= 11 is 5.54. The molecule has 6 nitrogen and oxygen atoms in total. The maximum absolute atomic E-state index is 14.1. The van der Waals surface area contributed by atoms with Gasteiger partial charge >= 0.3 is 18.2 Å². The predicted molar refractivity (Wildman–Crippen MR) is 73.3 cm³/mol. The minimum Gasteiger partial charge on any atom is -0.478 e. The van der Waals surface area contributed by atoms with Crippen molar-refractivity contribution in [2.75, 3.05) is 7.11 Å². The van der Waals surface area contributed by atoms with Crippen LogP contribution in [0.3, 0.4) is 0 Å². The van der Waals surface area contributed by atoms with Crippen LogP contribution in [0, 0.1) is 11.6 Å². The Morgan fingerprint density at radius 3 is 2.40 bits per heavy atom. The van der Waals surface area contributed by atoms with E-state index in [0.29, 0.717) is 12.1 Å². The number of hydrogen-bond donors (Lipinski definition) is 1. The number of halogens is 6. The highest BCUT2D eigenvalue weighted by atomic mass is 35.5. The fourth-order valence-electron chi connectivity index (χ4n) is 1.89. The molecule has 0 atom stereocenters. The second-order valence-corrected chi connectivity index (χ2v) is 4.90. The lowest BCUT2D eigenvalue weighted by atomic mass is 10.2. The Morgan fingerprint density at radius 1 is 1.32 bits per heavy atom. The van der Waals surface area contributed by atoms with Gasteiger partial charge in [-0.05, 0) is 12.1 Å². The molecule has 134 valence electrons. The van der Waals surface area contributed by atoms with Gasteiger partial charge in [-0.3, -0.25) is 4.79 Å². The first-order valence-corrected chi connectivity index (χ1v) is 6.53. The highest BCUT2D eigenvalue weighted by Gasteiger charge is 2.39. The van der Waals surface area contributed by atoms with Crippen molar-refractivity contribution in [1.29, 1.82) is 0 Å². The maximum atomic E-state index is 14.1. The minimum atomic E-state index is -5.31. The van der Waals surface area contributed by atoms with Gasteiger partial charge in [-0.1, -0.05) is 11.6 Å². The number of ether oxygens (including phenoxy) is 1. The molecule has 0 aliphatic carbocycles. The first-order chi connectivity index (χ1) is 11.5. The lowest BCUT2D eigenvalue weighted by Gasteiger charge is -2.15. The number of benzene rings is 1. The fraction of sp³-hybridized carbons (Fsp3) is 0.154. The topological polar surface area (TPSA) is 81.4 Å². The Morgan fingerprint density at radius 2 is 1.92 bits per heavy atom. The number of rotatable bonds is 3. The lowest BCUT2D eigenvalue weighted by Crippen LogP contribution is -2.30. The van der Waals surface area contributed by atoms with Gasteiger partial charge in [0.1, 0.15) is 5.82 Å². The van der Waals surface area contributed by atoms with Crippen LogP contribution >= 0.6 is 11.6 Å². The highest BCUT2D eigenvalue weighted by Crippen LogP contribution is 2.31. The zero-order valence-electron chi connectivity index (χ0n) is 12.0. The van der Waals surface area contributed by atoms with Crippen molar-refractivity contribution in [2.45, 2.75) is 6.18 Å². The quantitative estimate of drug-likeness (QED) is 0.823. The summed E-state index contributed by atoms with van der Waals surface area (Å²) in [5.41, 5.74) is -5.66. The summed E-state index contributed by atoms with van der Waals surface area (Å²) in [5, 5.41) is 8.42. The summed E-state index contributed by atoms with van der Waals surface area (Å²) in [4.78, 5) is 25.8. The molecule has 2 rings (SSSR count). The minimum absolute atomic E-state index is 0.0304. The summed E-state index contributed by atoms with van der Waals surface area (Å²) < 4.78 is 70.5. The summed E-state index contributed by atoms with van der Waals surface area (Å²) in [6, 6.07) is -0.0589. The monoisotopic (exact) mass is 384 g/mol. The van der Waals surface area contributed by atoms with Crippen molar-refractivity contribution >= 4 is 17.6 Å². The van der Waals surface area contributed by atoms with E-state index in [1.807, 2.05) is 0 Å². The third-order valence-electron chi connectivity index (χ3n) is 2.96. The van der Waals surface area contributed by atoms with Gasteiger partial charge in [0.2, 0.25) is 5.82 Å². The molecule has 0 spiro atoms. The van der Waals surface area contributed by atoms with E-state index in [1.165, 1.54) is 0 Å². The Kier molecular flexibility index (Phi) is 4.71. The van der Waals surface area contributed by atoms with Crippen molar-refractivity contribution in [3.63, 3.8) is 0 Å². The number of methoxy groups -OCH3 is 1. The first-order valence-electron chi connectivity index (χ1n) is 6.15. The van der Waals surface area contributed by atoms with Crippen molar-refractivity contribution in [3.8, 4) is 11.7 Å². The number of aromatic carboxylic acids is 1. The molecule has 0 radical (unpaired) electrons. The van der Waals surface area contributed by atoms with E-state index < -0.39 is 57.3 Å². The molecule has 0 bridgehead atoms. The number of carboxylic acids is 1. The number of carboxylic acid groups (broad SMARTS) is 1. The second kappa shape index (κ2) is 6.31. The van der Waals surface area contributed by atoms with Crippen molar-refractivity contribution in [1.82, 2.24) is 9.55 Å². The molecule has 0 unspecified atom stereocenters. The van der Waals surface area contributed by atoms with Gasteiger partial charge in [0.05, 0.1) is 23.4 Å². The van der Waals surface area contributed by atoms with Crippen molar-refractivity contribution < 1.29 is 36.6 Å². The number of alkyl halides is 3. The third-order valence-corrected chi connectivity index (χ3v) is 3.27. The van der Waals surface area contributed by atoms with Crippen molar-refractivity contribution in [2.24, 2.45) is 0 Å². The van der Waals surface area contributed by atoms with Crippen LogP contribution in [0.2, 0.25) is 5.02 Å². The molecular weight excluding hydrogens is 379 g/mol. The zero-order valence-corrected chi connectivity index (χ0v) is 12.7. The normalized spacial score (nSPS) is 11.5. The van der Waals surface area contributed by atoms with E-state index in [9.17, 15) is 31.5 Å². The van der Waals surface area contributed by atoms with Crippen LogP contribution in [0.25, 0.3) is 5.69 Å². The van der Waals surface area contributed by atoms with Crippen LogP contribution in [0.5, 0.6) is 6.01 Å². The summed E-state index contributed by atoms with van der Waals surface area (Å²) in [6.07, 6.45) is -5.31. The predicted octanol–water partition coefficient (Wildman–Crippen LogP) is 2.89. The van der Waals surface area contributed by atoms with Gasteiger partial charge in [0.25, 0.3) is 5.56 Å². The molecule has 2 aromatic rings. The molecule has 1 aromatic carbocycles. The van der Waals surface area contributed by atoms with Crippen LogP contribution < -0.4 is 10.3 Å².